The van der Waals surface area contributed by atoms with Gasteiger partial charge >= 0.3 is 5.97 Å². The SMILES string of the molecule is CC=C1C(=O)N2C1SC(SCCO)C2C(=O)OCc1ccc([N+](=O)[O-])cc1. The fourth-order valence-corrected chi connectivity index (χ4v) is 6.00. The lowest BCUT2D eigenvalue weighted by Crippen LogP contribution is -2.57. The van der Waals surface area contributed by atoms with E-state index in [2.05, 4.69) is 0 Å². The minimum absolute atomic E-state index is 0.0125. The average molecular weight is 410 g/mol. The van der Waals surface area contributed by atoms with Gasteiger partial charge in [0.2, 0.25) is 0 Å². The third-order valence-electron chi connectivity index (χ3n) is 4.27. The highest BCUT2D eigenvalue weighted by molar-refractivity contribution is 8.17. The lowest BCUT2D eigenvalue weighted by Gasteiger charge is -2.38. The molecule has 8 nitrogen and oxygen atoms in total. The van der Waals surface area contributed by atoms with Gasteiger partial charge < -0.3 is 14.7 Å². The Morgan fingerprint density at radius 1 is 1.44 bits per heavy atom. The summed E-state index contributed by atoms with van der Waals surface area (Å²) in [6.07, 6.45) is 1.76. The molecule has 10 heteroatoms. The Hall–Kier alpha value is -2.04. The minimum Gasteiger partial charge on any atom is -0.459 e. The third-order valence-corrected chi connectivity index (χ3v) is 7.29. The van der Waals surface area contributed by atoms with Crippen LogP contribution in [0.15, 0.2) is 35.9 Å². The number of nitro benzene ring substituents is 1. The molecule has 0 aromatic heterocycles. The molecule has 0 spiro atoms. The summed E-state index contributed by atoms with van der Waals surface area (Å²) in [6, 6.07) is 5.04. The zero-order chi connectivity index (χ0) is 19.6. The standard InChI is InChI=1S/C17H18N2O6S2/c1-2-12-14(21)18-13(17(26-8-7-20)27-15(12)18)16(22)25-9-10-3-5-11(6-4-10)19(23)24/h2-6,13,15,17,20H,7-9H2,1H3. The molecule has 0 bridgehead atoms. The number of hydrogen-bond acceptors (Lipinski definition) is 8. The molecule has 2 fully saturated rings. The highest BCUT2D eigenvalue weighted by Crippen LogP contribution is 2.51. The van der Waals surface area contributed by atoms with Gasteiger partial charge in [0.15, 0.2) is 6.04 Å². The van der Waals surface area contributed by atoms with Gasteiger partial charge in [0, 0.05) is 23.5 Å². The maximum atomic E-state index is 12.7. The minimum atomic E-state index is -0.717. The second-order valence-electron chi connectivity index (χ2n) is 5.88. The van der Waals surface area contributed by atoms with Crippen LogP contribution in [0.1, 0.15) is 12.5 Å². The second kappa shape index (κ2) is 8.32. The number of benzene rings is 1. The topological polar surface area (TPSA) is 110 Å². The van der Waals surface area contributed by atoms with Crippen LogP contribution in [0, 0.1) is 10.1 Å². The lowest BCUT2D eigenvalue weighted by molar-refractivity contribution is -0.384. The number of non-ortho nitro benzene ring substituents is 1. The molecular formula is C17H18N2O6S2. The first-order chi connectivity index (χ1) is 13.0. The van der Waals surface area contributed by atoms with Crippen LogP contribution in [0.5, 0.6) is 0 Å². The largest absolute Gasteiger partial charge is 0.459 e. The second-order valence-corrected chi connectivity index (χ2v) is 8.66. The van der Waals surface area contributed by atoms with Gasteiger partial charge in [-0.25, -0.2) is 4.79 Å². The Bertz CT molecular complexity index is 782. The molecule has 27 heavy (non-hydrogen) atoms. The molecule has 0 aliphatic carbocycles. The van der Waals surface area contributed by atoms with Gasteiger partial charge in [0.1, 0.15) is 12.0 Å². The van der Waals surface area contributed by atoms with Crippen LogP contribution >= 0.6 is 23.5 Å². The van der Waals surface area contributed by atoms with Crippen molar-refractivity contribution in [2.45, 2.75) is 29.5 Å². The molecule has 0 radical (unpaired) electrons. The van der Waals surface area contributed by atoms with E-state index < -0.39 is 16.9 Å². The van der Waals surface area contributed by atoms with Gasteiger partial charge in [-0.3, -0.25) is 14.9 Å². The van der Waals surface area contributed by atoms with Crippen LogP contribution in [-0.2, 0) is 20.9 Å². The summed E-state index contributed by atoms with van der Waals surface area (Å²) in [5, 5.41) is 19.6. The van der Waals surface area contributed by atoms with E-state index in [1.165, 1.54) is 52.7 Å². The first kappa shape index (κ1) is 19.7. The van der Waals surface area contributed by atoms with Gasteiger partial charge in [-0.15, -0.1) is 23.5 Å². The van der Waals surface area contributed by atoms with Crippen molar-refractivity contribution in [2.75, 3.05) is 12.4 Å². The molecule has 3 rings (SSSR count). The van der Waals surface area contributed by atoms with Gasteiger partial charge in [-0.2, -0.15) is 0 Å². The first-order valence-corrected chi connectivity index (χ1v) is 10.2. The molecule has 2 aliphatic heterocycles. The average Bonchev–Trinajstić information content (AvgIpc) is 3.00. The highest BCUT2D eigenvalue weighted by atomic mass is 32.2. The Kier molecular flexibility index (Phi) is 6.08. The number of nitrogens with zero attached hydrogens (tertiary/aromatic N) is 2. The van der Waals surface area contributed by atoms with Gasteiger partial charge in [0.05, 0.1) is 16.1 Å². The molecule has 2 aliphatic rings. The molecule has 3 unspecified atom stereocenters. The summed E-state index contributed by atoms with van der Waals surface area (Å²) in [4.78, 5) is 36.7. The van der Waals surface area contributed by atoms with Crippen LogP contribution in [0.25, 0.3) is 0 Å². The maximum absolute atomic E-state index is 12.7. The molecule has 1 N–H and O–H groups in total. The smallest absolute Gasteiger partial charge is 0.331 e. The molecule has 2 saturated heterocycles. The monoisotopic (exact) mass is 410 g/mol. The summed E-state index contributed by atoms with van der Waals surface area (Å²) < 4.78 is 5.17. The van der Waals surface area contributed by atoms with Crippen LogP contribution in [0.3, 0.4) is 0 Å². The van der Waals surface area contributed by atoms with E-state index in [1.54, 1.807) is 13.0 Å². The van der Waals surface area contributed by atoms with Crippen molar-refractivity contribution >= 4 is 41.1 Å². The summed E-state index contributed by atoms with van der Waals surface area (Å²) in [6.45, 7) is 1.75. The Morgan fingerprint density at radius 2 is 2.15 bits per heavy atom. The van der Waals surface area contributed by atoms with E-state index in [9.17, 15) is 19.7 Å². The van der Waals surface area contributed by atoms with Crippen molar-refractivity contribution < 1.29 is 24.4 Å². The van der Waals surface area contributed by atoms with Crippen LogP contribution in [0.2, 0.25) is 0 Å². The van der Waals surface area contributed by atoms with Crippen molar-refractivity contribution in [3.8, 4) is 0 Å². The fourth-order valence-electron chi connectivity index (χ4n) is 2.93. The van der Waals surface area contributed by atoms with E-state index in [4.69, 9.17) is 9.84 Å². The molecule has 1 amide bonds. The molecule has 3 atom stereocenters. The Labute approximate surface area is 164 Å². The number of allylic oxidation sites excluding steroid dienone is 1. The van der Waals surface area contributed by atoms with Crippen molar-refractivity contribution in [3.05, 3.63) is 51.6 Å². The number of nitro groups is 1. The van der Waals surface area contributed by atoms with E-state index in [0.717, 1.165) is 0 Å². The fraction of sp³-hybridized carbons (Fsp3) is 0.412. The first-order valence-electron chi connectivity index (χ1n) is 8.24. The number of aliphatic hydroxyl groups excluding tert-OH is 1. The number of rotatable bonds is 7. The number of fused-ring (bicyclic) bond motifs is 1. The number of hydrogen-bond donors (Lipinski definition) is 1. The van der Waals surface area contributed by atoms with E-state index in [1.807, 2.05) is 0 Å². The summed E-state index contributed by atoms with van der Waals surface area (Å²) in [5.41, 5.74) is 1.27. The molecule has 144 valence electrons. The van der Waals surface area contributed by atoms with Crippen LogP contribution in [0.4, 0.5) is 5.69 Å². The molecular weight excluding hydrogens is 392 g/mol. The van der Waals surface area contributed by atoms with Crippen molar-refractivity contribution in [1.82, 2.24) is 4.90 Å². The predicted octanol–water partition coefficient (Wildman–Crippen LogP) is 1.92. The van der Waals surface area contributed by atoms with E-state index >= 15 is 0 Å². The third kappa shape index (κ3) is 3.83. The van der Waals surface area contributed by atoms with Crippen molar-refractivity contribution in [3.63, 3.8) is 0 Å². The normalized spacial score (nSPS) is 25.3. The number of esters is 1. The number of carbonyl (C=O) groups is 2. The van der Waals surface area contributed by atoms with Gasteiger partial charge in [0.25, 0.3) is 11.6 Å². The Morgan fingerprint density at radius 3 is 2.74 bits per heavy atom. The van der Waals surface area contributed by atoms with Crippen molar-refractivity contribution in [2.24, 2.45) is 0 Å². The zero-order valence-corrected chi connectivity index (χ0v) is 16.1. The molecule has 1 aromatic rings. The quantitative estimate of drug-likeness (QED) is 0.239. The number of thioether (sulfide) groups is 2. The number of ether oxygens (including phenoxy) is 1. The number of β-lactam (4-membered cyclic amide) rings is 1. The molecule has 1 aromatic carbocycles. The lowest BCUT2D eigenvalue weighted by atomic mass is 10.0. The number of amides is 1. The highest BCUT2D eigenvalue weighted by Gasteiger charge is 2.58. The summed E-state index contributed by atoms with van der Waals surface area (Å²) >= 11 is 2.94. The van der Waals surface area contributed by atoms with Gasteiger partial charge in [-0.05, 0) is 24.6 Å². The van der Waals surface area contributed by atoms with Gasteiger partial charge in [-0.1, -0.05) is 6.08 Å². The summed E-state index contributed by atoms with van der Waals surface area (Å²) in [7, 11) is 0. The Balaban J connectivity index is 1.67. The molecule has 0 saturated carbocycles. The summed E-state index contributed by atoms with van der Waals surface area (Å²) in [5.74, 6) is -0.217. The maximum Gasteiger partial charge on any atom is 0.331 e. The van der Waals surface area contributed by atoms with E-state index in [0.29, 0.717) is 16.9 Å². The van der Waals surface area contributed by atoms with Crippen LogP contribution in [-0.4, -0.2) is 55.2 Å². The number of aliphatic hydroxyl groups is 1. The van der Waals surface area contributed by atoms with Crippen LogP contribution < -0.4 is 0 Å². The number of carbonyl (C=O) groups excluding carboxylic acids is 2. The van der Waals surface area contributed by atoms with Crippen molar-refractivity contribution in [1.29, 1.82) is 0 Å². The zero-order valence-electron chi connectivity index (χ0n) is 14.4. The van der Waals surface area contributed by atoms with E-state index in [-0.39, 0.29) is 34.8 Å². The molecule has 2 heterocycles. The predicted molar refractivity (Wildman–Crippen MR) is 102 cm³/mol.